The van der Waals surface area contributed by atoms with Gasteiger partial charge in [0.15, 0.2) is 0 Å². The fourth-order valence-corrected chi connectivity index (χ4v) is 2.70. The van der Waals surface area contributed by atoms with Crippen molar-refractivity contribution in [3.63, 3.8) is 0 Å². The minimum atomic E-state index is -0.349. The summed E-state index contributed by atoms with van der Waals surface area (Å²) in [6.07, 6.45) is 2.57. The quantitative estimate of drug-likeness (QED) is 0.235. The van der Waals surface area contributed by atoms with Crippen LogP contribution in [0.2, 0.25) is 0 Å². The number of azide groups is 1. The summed E-state index contributed by atoms with van der Waals surface area (Å²) in [6, 6.07) is 6.07. The lowest BCUT2D eigenvalue weighted by Crippen LogP contribution is -2.41. The Morgan fingerprint density at radius 1 is 1.16 bits per heavy atom. The molecule has 0 aromatic heterocycles. The van der Waals surface area contributed by atoms with Gasteiger partial charge in [-0.05, 0) is 75.6 Å². The molecule has 0 bridgehead atoms. The molecule has 6 nitrogen and oxygen atoms in total. The van der Waals surface area contributed by atoms with Crippen LogP contribution in [0.3, 0.4) is 0 Å². The molecule has 0 aliphatic carbocycles. The maximum Gasteiger partial charge on any atom is 0.495 e. The van der Waals surface area contributed by atoms with Crippen molar-refractivity contribution in [1.29, 1.82) is 0 Å². The summed E-state index contributed by atoms with van der Waals surface area (Å²) >= 11 is 0. The summed E-state index contributed by atoms with van der Waals surface area (Å²) in [6.45, 7) is 11.5. The average molecular weight is 345 g/mol. The maximum atomic E-state index is 8.25. The third kappa shape index (κ3) is 4.69. The number of rotatable bonds is 8. The van der Waals surface area contributed by atoms with Crippen LogP contribution in [0.4, 0.5) is 0 Å². The first-order valence-electron chi connectivity index (χ1n) is 8.93. The van der Waals surface area contributed by atoms with E-state index in [1.165, 1.54) is 5.56 Å². The van der Waals surface area contributed by atoms with Crippen LogP contribution in [-0.2, 0) is 15.7 Å². The van der Waals surface area contributed by atoms with Gasteiger partial charge in [0.2, 0.25) is 0 Å². The van der Waals surface area contributed by atoms with Crippen LogP contribution in [0.15, 0.2) is 23.3 Å². The van der Waals surface area contributed by atoms with Crippen LogP contribution in [0.1, 0.15) is 53.0 Å². The normalized spacial score (nSPS) is 18.0. The van der Waals surface area contributed by atoms with E-state index in [-0.39, 0.29) is 18.3 Å². The topological polar surface area (TPSA) is 76.5 Å². The molecule has 1 saturated heterocycles. The van der Waals surface area contributed by atoms with Gasteiger partial charge in [-0.25, -0.2) is 0 Å². The highest BCUT2D eigenvalue weighted by atomic mass is 16.7. The highest BCUT2D eigenvalue weighted by Crippen LogP contribution is 2.36. The van der Waals surface area contributed by atoms with Crippen molar-refractivity contribution in [3.05, 3.63) is 34.2 Å². The molecule has 2 rings (SSSR count). The molecular formula is C18H28BN3O3. The zero-order valence-corrected chi connectivity index (χ0v) is 15.9. The van der Waals surface area contributed by atoms with Crippen LogP contribution in [0.5, 0.6) is 5.75 Å². The second-order valence-electron chi connectivity index (χ2n) is 7.31. The maximum absolute atomic E-state index is 8.25. The van der Waals surface area contributed by atoms with Gasteiger partial charge >= 0.3 is 7.12 Å². The Balaban J connectivity index is 2.01. The van der Waals surface area contributed by atoms with E-state index in [9.17, 15) is 0 Å². The Kier molecular flexibility index (Phi) is 6.39. The van der Waals surface area contributed by atoms with Gasteiger partial charge in [0.1, 0.15) is 5.75 Å². The zero-order chi connectivity index (χ0) is 18.5. The highest BCUT2D eigenvalue weighted by molar-refractivity contribution is 6.62. The molecule has 0 amide bonds. The van der Waals surface area contributed by atoms with E-state index in [2.05, 4.69) is 50.7 Å². The summed E-state index contributed by atoms with van der Waals surface area (Å²) in [4.78, 5) is 2.74. The van der Waals surface area contributed by atoms with Crippen LogP contribution in [0, 0.1) is 0 Å². The first-order chi connectivity index (χ1) is 11.8. The molecule has 1 heterocycles. The van der Waals surface area contributed by atoms with Gasteiger partial charge in [0.25, 0.3) is 0 Å². The van der Waals surface area contributed by atoms with Crippen LogP contribution < -0.4 is 10.2 Å². The molecule has 0 saturated carbocycles. The Morgan fingerprint density at radius 2 is 1.84 bits per heavy atom. The number of hydrogen-bond donors (Lipinski definition) is 0. The van der Waals surface area contributed by atoms with E-state index in [0.717, 1.165) is 30.5 Å². The van der Waals surface area contributed by atoms with E-state index in [4.69, 9.17) is 19.6 Å². The van der Waals surface area contributed by atoms with Crippen molar-refractivity contribution in [2.75, 3.05) is 13.2 Å². The second-order valence-corrected chi connectivity index (χ2v) is 7.31. The van der Waals surface area contributed by atoms with Crippen molar-refractivity contribution in [1.82, 2.24) is 0 Å². The molecule has 1 aliphatic rings. The average Bonchev–Trinajstić information content (AvgIpc) is 2.78. The van der Waals surface area contributed by atoms with Gasteiger partial charge in [0.05, 0.1) is 17.8 Å². The predicted molar refractivity (Wildman–Crippen MR) is 100 cm³/mol. The second kappa shape index (κ2) is 8.13. The van der Waals surface area contributed by atoms with Crippen molar-refractivity contribution >= 4 is 12.6 Å². The molecule has 25 heavy (non-hydrogen) atoms. The highest BCUT2D eigenvalue weighted by Gasteiger charge is 2.52. The summed E-state index contributed by atoms with van der Waals surface area (Å²) in [5.41, 5.74) is 9.80. The third-order valence-electron chi connectivity index (χ3n) is 4.99. The van der Waals surface area contributed by atoms with Gasteiger partial charge in [-0.1, -0.05) is 18.1 Å². The van der Waals surface area contributed by atoms with Crippen molar-refractivity contribution in [2.24, 2.45) is 5.11 Å². The molecule has 136 valence electrons. The molecule has 1 fully saturated rings. The van der Waals surface area contributed by atoms with E-state index in [1.807, 2.05) is 12.1 Å². The molecule has 0 radical (unpaired) electrons. The Hall–Kier alpha value is -1.69. The van der Waals surface area contributed by atoms with Gasteiger partial charge in [-0.3, -0.25) is 0 Å². The molecule has 0 spiro atoms. The lowest BCUT2D eigenvalue weighted by atomic mass is 9.75. The summed E-state index contributed by atoms with van der Waals surface area (Å²) in [7, 11) is -0.349. The molecule has 0 atom stereocenters. The fraction of sp³-hybridized carbons (Fsp3) is 0.667. The largest absolute Gasteiger partial charge is 0.495 e. The molecule has 7 heteroatoms. The molecule has 1 aliphatic heterocycles. The number of ether oxygens (including phenoxy) is 1. The zero-order valence-electron chi connectivity index (χ0n) is 15.9. The van der Waals surface area contributed by atoms with Crippen LogP contribution >= 0.6 is 0 Å². The number of nitrogens with zero attached hydrogens (tertiary/aromatic N) is 3. The SMILES string of the molecule is CCc1cc(OCCCCN=[N+]=[N-])ccc1B1OC(C)(C)C(C)(C)O1. The number of hydrogen-bond acceptors (Lipinski definition) is 4. The van der Waals surface area contributed by atoms with Crippen molar-refractivity contribution in [2.45, 2.75) is 65.1 Å². The molecule has 0 unspecified atom stereocenters. The van der Waals surface area contributed by atoms with E-state index < -0.39 is 0 Å². The predicted octanol–water partition coefficient (Wildman–Crippen LogP) is 4.02. The number of benzene rings is 1. The van der Waals surface area contributed by atoms with Crippen molar-refractivity contribution < 1.29 is 14.0 Å². The minimum Gasteiger partial charge on any atom is -0.494 e. The smallest absolute Gasteiger partial charge is 0.494 e. The minimum absolute atomic E-state index is 0.343. The monoisotopic (exact) mass is 345 g/mol. The molecule has 1 aromatic rings. The van der Waals surface area contributed by atoms with Gasteiger partial charge < -0.3 is 14.0 Å². The van der Waals surface area contributed by atoms with E-state index in [0.29, 0.717) is 13.2 Å². The molecule has 1 aromatic carbocycles. The standard InChI is InChI=1S/C18H28BN3O3/c1-6-14-13-15(23-12-8-7-11-21-22-20)9-10-16(14)19-24-17(2,3)18(4,5)25-19/h9-10,13H,6-8,11-12H2,1-5H3. The first kappa shape index (κ1) is 19.6. The Morgan fingerprint density at radius 3 is 2.44 bits per heavy atom. The Labute approximate surface area is 150 Å². The molecule has 0 N–H and O–H groups in total. The summed E-state index contributed by atoms with van der Waals surface area (Å²) in [5, 5.41) is 3.52. The number of aryl methyl sites for hydroxylation is 1. The summed E-state index contributed by atoms with van der Waals surface area (Å²) in [5.74, 6) is 0.848. The first-order valence-corrected chi connectivity index (χ1v) is 8.93. The Bertz CT molecular complexity index is 626. The van der Waals surface area contributed by atoms with Crippen LogP contribution in [-0.4, -0.2) is 31.5 Å². The van der Waals surface area contributed by atoms with Crippen LogP contribution in [0.25, 0.3) is 10.4 Å². The van der Waals surface area contributed by atoms with Gasteiger partial charge in [-0.2, -0.15) is 0 Å². The summed E-state index contributed by atoms with van der Waals surface area (Å²) < 4.78 is 18.1. The van der Waals surface area contributed by atoms with Gasteiger partial charge in [-0.15, -0.1) is 0 Å². The third-order valence-corrected chi connectivity index (χ3v) is 4.99. The molecular weight excluding hydrogens is 317 g/mol. The van der Waals surface area contributed by atoms with E-state index >= 15 is 0 Å². The van der Waals surface area contributed by atoms with Gasteiger partial charge in [0, 0.05) is 11.5 Å². The number of unbranched alkanes of at least 4 members (excludes halogenated alkanes) is 1. The lowest BCUT2D eigenvalue weighted by Gasteiger charge is -2.32. The van der Waals surface area contributed by atoms with Crippen molar-refractivity contribution in [3.8, 4) is 5.75 Å². The lowest BCUT2D eigenvalue weighted by molar-refractivity contribution is 0.00578. The van der Waals surface area contributed by atoms with E-state index in [1.54, 1.807) is 0 Å². The fourth-order valence-electron chi connectivity index (χ4n) is 2.70.